The molecule has 0 fully saturated rings. The van der Waals surface area contributed by atoms with Crippen molar-refractivity contribution in [3.8, 4) is 0 Å². The summed E-state index contributed by atoms with van der Waals surface area (Å²) in [5.74, 6) is -17.5. The topological polar surface area (TPSA) is 738 Å². The molecule has 0 rings (SSSR count). The Morgan fingerprint density at radius 2 is 0.226 bits per heavy atom. The number of rotatable bonds is 0. The zero-order chi connectivity index (χ0) is 38.6. The first-order valence-corrected chi connectivity index (χ1v) is 11.4. The van der Waals surface area contributed by atoms with E-state index in [0.717, 1.165) is 17.9 Å². The molecule has 0 saturated carbocycles. The number of carbonyl (C=O) groups is 8. The third-order valence-electron chi connectivity index (χ3n) is 0.667. The SMILES string of the molecule is C[N+](C)(C)C.C[N+](C)(C)C.C[N+](C)(C)C.C[N+](C)(C)C.O=C([O-])C(=O)[O-].O=C([O-])C(=O)[O-].O=C([O-])C(=O)[O-].O=C([O-])C(=O)[O-].[Mo].[Mo].[Mo].[Mo].[O-2].[O-2].[O-2].[O-2].[O-2].[O-2].[O-2].[O-2].[O-2].[O-2].[OH3+].[OH3+].[OH3+].[OH3+]. The number of nitrogens with zero attached hydrogens (tertiary/aromatic N) is 4. The van der Waals surface area contributed by atoms with Gasteiger partial charge in [-0.05, 0) is 0 Å². The molecule has 34 nitrogen and oxygen atoms in total. The Morgan fingerprint density at radius 3 is 0.226 bits per heavy atom. The number of quaternary nitrogens is 4. The third-order valence-corrected chi connectivity index (χ3v) is 0.667. The van der Waals surface area contributed by atoms with Gasteiger partial charge < -0.3 is 174 Å². The van der Waals surface area contributed by atoms with E-state index in [-0.39, 0.29) is 161 Å². The van der Waals surface area contributed by atoms with Gasteiger partial charge in [-0.1, -0.05) is 0 Å². The zero-order valence-electron chi connectivity index (χ0n) is 36.3. The fourth-order valence-electron chi connectivity index (χ4n) is 0. The van der Waals surface area contributed by atoms with E-state index >= 15 is 0 Å². The first-order valence-electron chi connectivity index (χ1n) is 11.4. The molecule has 0 aromatic heterocycles. The number of carboxylic acids is 8. The molecule has 400 valence electrons. The quantitative estimate of drug-likeness (QED) is 0.0941. The van der Waals surface area contributed by atoms with E-state index < -0.39 is 47.8 Å². The molecular weight excluding hydrogens is 1210 g/mol. The summed E-state index contributed by atoms with van der Waals surface area (Å²) in [5, 5.41) is 71.4. The Balaban J connectivity index is -0.00000000957. The van der Waals surface area contributed by atoms with Crippen molar-refractivity contribution in [3.63, 3.8) is 0 Å². The first-order chi connectivity index (χ1) is 18.6. The van der Waals surface area contributed by atoms with Crippen LogP contribution in [0.4, 0.5) is 0 Å². The van der Waals surface area contributed by atoms with Crippen LogP contribution < -0.4 is 40.9 Å². The summed E-state index contributed by atoms with van der Waals surface area (Å²) >= 11 is 0. The van der Waals surface area contributed by atoms with E-state index in [2.05, 4.69) is 113 Å². The standard InChI is InChI=1S/4C4H12N.4C2H2O4.4Mo.4H2O.10O/c4*1-5(2,3)4;4*3-1(4)2(5)6;;;;;;;;;;;;;;;;;;/h4*1-4H3;4*(H,3,4)(H,5,6);;;;;4*1H2;;;;;;;;;;/q4*+1;;;;;;;;;;;;;10*-2/p-4. The van der Waals surface area contributed by atoms with E-state index in [0.29, 0.717) is 0 Å². The molecule has 0 saturated heterocycles. The van der Waals surface area contributed by atoms with Gasteiger partial charge >= 0.3 is 0 Å². The van der Waals surface area contributed by atoms with Gasteiger partial charge in [0.25, 0.3) is 0 Å². The molecule has 62 heavy (non-hydrogen) atoms. The second-order valence-electron chi connectivity index (χ2n) is 13.0. The van der Waals surface area contributed by atoms with Gasteiger partial charge in [-0.2, -0.15) is 0 Å². The average molecular weight is 1270 g/mol. The summed E-state index contributed by atoms with van der Waals surface area (Å²) in [7, 11) is 34.0. The number of hydrogen-bond acceptors (Lipinski definition) is 16. The van der Waals surface area contributed by atoms with Crippen molar-refractivity contribution in [2.24, 2.45) is 0 Å². The van der Waals surface area contributed by atoms with E-state index in [1.165, 1.54) is 0 Å². The Bertz CT molecular complexity index is 698. The maximum absolute atomic E-state index is 8.93. The van der Waals surface area contributed by atoms with Crippen LogP contribution in [0.15, 0.2) is 0 Å². The molecule has 0 bridgehead atoms. The van der Waals surface area contributed by atoms with Gasteiger partial charge in [0.05, 0.1) is 161 Å². The molecule has 0 aliphatic carbocycles. The maximum Gasteiger partial charge on any atom is 0.0870 e. The van der Waals surface area contributed by atoms with E-state index in [4.69, 9.17) is 79.2 Å². The van der Waals surface area contributed by atoms with Crippen molar-refractivity contribution < 1.29 is 258 Å². The van der Waals surface area contributed by atoms with Crippen LogP contribution in [0, 0.1) is 0 Å². The van der Waals surface area contributed by atoms with Crippen molar-refractivity contribution in [1.29, 1.82) is 0 Å². The van der Waals surface area contributed by atoms with Crippen molar-refractivity contribution >= 4 is 47.8 Å². The second-order valence-corrected chi connectivity index (χ2v) is 13.0. The molecule has 0 aliphatic rings. The molecule has 0 heterocycles. The fourth-order valence-corrected chi connectivity index (χ4v) is 0. The minimum Gasteiger partial charge on any atom is -2.00 e. The Hall–Kier alpha value is -2.21. The molecule has 0 atom stereocenters. The number of carboxylic acid groups (broad SMARTS) is 8. The molecule has 0 unspecified atom stereocenters. The smallest absolute Gasteiger partial charge is 0.0870 e. The van der Waals surface area contributed by atoms with Crippen LogP contribution >= 0.6 is 0 Å². The molecule has 12 N–H and O–H groups in total. The summed E-state index contributed by atoms with van der Waals surface area (Å²) in [6.07, 6.45) is 0. The third kappa shape index (κ3) is 980. The Morgan fingerprint density at radius 1 is 0.210 bits per heavy atom. The molecule has 0 aliphatic heterocycles. The normalized spacial score (nSPS) is 6.71. The minimum atomic E-state index is -2.19. The van der Waals surface area contributed by atoms with Gasteiger partial charge in [-0.25, -0.2) is 0 Å². The summed E-state index contributed by atoms with van der Waals surface area (Å²) in [6.45, 7) is 0. The van der Waals surface area contributed by atoms with Gasteiger partial charge in [-0.3, -0.25) is 0 Å². The summed E-state index contributed by atoms with van der Waals surface area (Å²) < 4.78 is 4.00. The predicted octanol–water partition coefficient (Wildman–Crippen LogP) is -17.7. The number of aliphatic carboxylic acids is 8. The molecule has 38 heteroatoms. The van der Waals surface area contributed by atoms with E-state index in [1.807, 2.05) is 0 Å². The number of hydrogen-bond donors (Lipinski definition) is 0. The Labute approximate surface area is 416 Å². The van der Waals surface area contributed by atoms with Crippen LogP contribution in [0.1, 0.15) is 0 Å². The average Bonchev–Trinajstić information content (AvgIpc) is 2.63. The van der Waals surface area contributed by atoms with Crippen LogP contribution in [0.2, 0.25) is 0 Å². The van der Waals surface area contributed by atoms with E-state index in [1.54, 1.807) is 0 Å². The van der Waals surface area contributed by atoms with Gasteiger partial charge in [-0.15, -0.1) is 0 Å². The van der Waals surface area contributed by atoms with Gasteiger partial charge in [0.2, 0.25) is 0 Å². The van der Waals surface area contributed by atoms with Crippen LogP contribution in [-0.2, 0) is 199 Å². The molecule has 0 radical (unpaired) electrons. The monoisotopic (exact) mass is 1280 g/mol. The molecule has 0 aromatic rings. The number of carbonyl (C=O) groups excluding carboxylic acids is 8. The van der Waals surface area contributed by atoms with Gasteiger partial charge in [0, 0.05) is 84.3 Å². The van der Waals surface area contributed by atoms with Gasteiger partial charge in [0.15, 0.2) is 0 Å². The van der Waals surface area contributed by atoms with Crippen molar-refractivity contribution in [2.45, 2.75) is 0 Å². The van der Waals surface area contributed by atoms with Crippen LogP contribution in [0.5, 0.6) is 0 Å². The second kappa shape index (κ2) is 93.6. The maximum atomic E-state index is 8.93. The summed E-state index contributed by atoms with van der Waals surface area (Å²) in [4.78, 5) is 71.4. The minimum absolute atomic E-state index is 0. The molecule has 0 amide bonds. The van der Waals surface area contributed by atoms with E-state index in [9.17, 15) is 0 Å². The molecule has 0 spiro atoms. The van der Waals surface area contributed by atoms with Crippen molar-refractivity contribution in [2.75, 3.05) is 113 Å². The van der Waals surface area contributed by atoms with Crippen molar-refractivity contribution in [1.82, 2.24) is 0 Å². The van der Waals surface area contributed by atoms with Gasteiger partial charge in [0.1, 0.15) is 0 Å². The van der Waals surface area contributed by atoms with Crippen LogP contribution in [0.25, 0.3) is 0 Å². The Kier molecular flexibility index (Phi) is 273. The largest absolute Gasteiger partial charge is 2.00 e. The van der Waals surface area contributed by atoms with Crippen molar-refractivity contribution in [3.05, 3.63) is 0 Å². The summed E-state index contributed by atoms with van der Waals surface area (Å²) in [6, 6.07) is 0. The van der Waals surface area contributed by atoms with Crippen LogP contribution in [-0.4, -0.2) is 178 Å². The molecule has 0 aromatic carbocycles. The fraction of sp³-hybridized carbons (Fsp3) is 0.667. The zero-order valence-corrected chi connectivity index (χ0v) is 44.4. The summed E-state index contributed by atoms with van der Waals surface area (Å²) in [5.41, 5.74) is 0. The first kappa shape index (κ1) is 181. The predicted molar refractivity (Wildman–Crippen MR) is 162 cm³/mol. The molecular formula is C24H60Mo4N4O30-20. The van der Waals surface area contributed by atoms with Crippen LogP contribution in [0.3, 0.4) is 0 Å².